The summed E-state index contributed by atoms with van der Waals surface area (Å²) >= 11 is 0. The zero-order valence-electron chi connectivity index (χ0n) is 11.8. The van der Waals surface area contributed by atoms with Crippen molar-refractivity contribution in [2.75, 3.05) is 11.9 Å². The Balaban J connectivity index is 2.16. The van der Waals surface area contributed by atoms with E-state index in [9.17, 15) is 4.39 Å². The molecule has 0 unspecified atom stereocenters. The van der Waals surface area contributed by atoms with Gasteiger partial charge in [0.2, 0.25) is 0 Å². The minimum Gasteiger partial charge on any atom is -0.329 e. The van der Waals surface area contributed by atoms with E-state index in [0.29, 0.717) is 6.54 Å². The molecule has 0 saturated heterocycles. The van der Waals surface area contributed by atoms with Gasteiger partial charge in [-0.2, -0.15) is 0 Å². The average molecular weight is 281 g/mol. The van der Waals surface area contributed by atoms with Crippen LogP contribution < -0.4 is 10.6 Å². The molecule has 0 aliphatic rings. The van der Waals surface area contributed by atoms with Gasteiger partial charge in [-0.3, -0.25) is 0 Å². The van der Waals surface area contributed by atoms with Gasteiger partial charge in [0, 0.05) is 24.7 Å². The van der Waals surface area contributed by atoms with Gasteiger partial charge in [-0.1, -0.05) is 24.3 Å². The molecule has 106 valence electrons. The first-order chi connectivity index (χ1) is 10.2. The van der Waals surface area contributed by atoms with Crippen LogP contribution in [0, 0.1) is 5.82 Å². The molecule has 0 aliphatic carbocycles. The highest BCUT2D eigenvalue weighted by molar-refractivity contribution is 5.94. The van der Waals surface area contributed by atoms with Crippen LogP contribution in [-0.4, -0.2) is 12.0 Å². The Morgan fingerprint density at radius 1 is 1.10 bits per heavy atom. The zero-order chi connectivity index (χ0) is 14.8. The summed E-state index contributed by atoms with van der Waals surface area (Å²) in [5.74, 6) is 0.570. The van der Waals surface area contributed by atoms with Crippen molar-refractivity contribution in [2.45, 2.75) is 6.54 Å². The van der Waals surface area contributed by atoms with Crippen LogP contribution in [0.15, 0.2) is 54.6 Å². The lowest BCUT2D eigenvalue weighted by Gasteiger charge is -2.21. The van der Waals surface area contributed by atoms with Crippen LogP contribution in [0.4, 0.5) is 15.9 Å². The molecule has 1 heterocycles. The first kappa shape index (κ1) is 13.5. The molecule has 0 amide bonds. The summed E-state index contributed by atoms with van der Waals surface area (Å²) in [5.41, 5.74) is 7.45. The van der Waals surface area contributed by atoms with Crippen molar-refractivity contribution >= 4 is 22.3 Å². The predicted molar refractivity (Wildman–Crippen MR) is 84.1 cm³/mol. The van der Waals surface area contributed by atoms with Crippen LogP contribution in [0.2, 0.25) is 0 Å². The molecule has 3 rings (SSSR count). The summed E-state index contributed by atoms with van der Waals surface area (Å²) in [7, 11) is 1.92. The van der Waals surface area contributed by atoms with Crippen molar-refractivity contribution < 1.29 is 4.39 Å². The van der Waals surface area contributed by atoms with E-state index in [1.807, 2.05) is 42.3 Å². The standard InChI is InChI=1S/C17H16FN3/c1-21(15-8-6-13(18)7-9-15)17-16-5-3-2-4-12(16)10-14(11-19)20-17/h2-10H,11,19H2,1H3. The number of nitrogens with zero attached hydrogens (tertiary/aromatic N) is 2. The molecule has 2 aromatic carbocycles. The van der Waals surface area contributed by atoms with Crippen molar-refractivity contribution in [3.8, 4) is 0 Å². The molecule has 0 aliphatic heterocycles. The number of halogens is 1. The molecular formula is C17H16FN3. The first-order valence-corrected chi connectivity index (χ1v) is 6.77. The van der Waals surface area contributed by atoms with E-state index in [-0.39, 0.29) is 5.82 Å². The molecule has 0 saturated carbocycles. The Kier molecular flexibility index (Phi) is 3.54. The number of hydrogen-bond acceptors (Lipinski definition) is 3. The van der Waals surface area contributed by atoms with Gasteiger partial charge in [0.25, 0.3) is 0 Å². The Morgan fingerprint density at radius 3 is 2.52 bits per heavy atom. The Labute approximate surface area is 122 Å². The summed E-state index contributed by atoms with van der Waals surface area (Å²) in [4.78, 5) is 6.57. The van der Waals surface area contributed by atoms with Crippen molar-refractivity contribution in [3.63, 3.8) is 0 Å². The van der Waals surface area contributed by atoms with E-state index < -0.39 is 0 Å². The normalized spacial score (nSPS) is 10.8. The summed E-state index contributed by atoms with van der Waals surface area (Å²) < 4.78 is 13.1. The second kappa shape index (κ2) is 5.50. The quantitative estimate of drug-likeness (QED) is 0.797. The molecule has 3 nitrogen and oxygen atoms in total. The number of fused-ring (bicyclic) bond motifs is 1. The summed E-state index contributed by atoms with van der Waals surface area (Å²) in [6.45, 7) is 0.384. The molecule has 1 aromatic heterocycles. The zero-order valence-corrected chi connectivity index (χ0v) is 11.8. The van der Waals surface area contributed by atoms with Gasteiger partial charge in [0.15, 0.2) is 0 Å². The van der Waals surface area contributed by atoms with E-state index in [0.717, 1.165) is 28.0 Å². The largest absolute Gasteiger partial charge is 0.329 e. The third-order valence-electron chi connectivity index (χ3n) is 3.51. The smallest absolute Gasteiger partial charge is 0.140 e. The van der Waals surface area contributed by atoms with Crippen LogP contribution in [0.5, 0.6) is 0 Å². The van der Waals surface area contributed by atoms with Crippen molar-refractivity contribution in [2.24, 2.45) is 5.73 Å². The second-order valence-corrected chi connectivity index (χ2v) is 4.90. The minimum absolute atomic E-state index is 0.249. The lowest BCUT2D eigenvalue weighted by Crippen LogP contribution is -2.13. The Bertz CT molecular complexity index is 769. The molecule has 21 heavy (non-hydrogen) atoms. The third kappa shape index (κ3) is 2.58. The summed E-state index contributed by atoms with van der Waals surface area (Å²) in [5, 5.41) is 2.14. The fraction of sp³-hybridized carbons (Fsp3) is 0.118. The highest BCUT2D eigenvalue weighted by Gasteiger charge is 2.11. The van der Waals surface area contributed by atoms with Gasteiger partial charge in [0.05, 0.1) is 5.69 Å². The van der Waals surface area contributed by atoms with Crippen LogP contribution >= 0.6 is 0 Å². The molecule has 0 atom stereocenters. The van der Waals surface area contributed by atoms with Crippen molar-refractivity contribution in [3.05, 3.63) is 66.1 Å². The molecule has 0 fully saturated rings. The van der Waals surface area contributed by atoms with E-state index >= 15 is 0 Å². The van der Waals surface area contributed by atoms with Crippen LogP contribution in [0.1, 0.15) is 5.69 Å². The number of benzene rings is 2. The maximum atomic E-state index is 13.1. The third-order valence-corrected chi connectivity index (χ3v) is 3.51. The second-order valence-electron chi connectivity index (χ2n) is 4.90. The van der Waals surface area contributed by atoms with Gasteiger partial charge < -0.3 is 10.6 Å². The number of aromatic nitrogens is 1. The lowest BCUT2D eigenvalue weighted by molar-refractivity contribution is 0.628. The molecule has 4 heteroatoms. The summed E-state index contributed by atoms with van der Waals surface area (Å²) in [6, 6.07) is 16.4. The highest BCUT2D eigenvalue weighted by Crippen LogP contribution is 2.29. The number of anilines is 2. The number of rotatable bonds is 3. The molecule has 3 aromatic rings. The molecule has 2 N–H and O–H groups in total. The van der Waals surface area contributed by atoms with Crippen LogP contribution in [-0.2, 0) is 6.54 Å². The maximum absolute atomic E-state index is 13.1. The summed E-state index contributed by atoms with van der Waals surface area (Å²) in [6.07, 6.45) is 0. The van der Waals surface area contributed by atoms with Crippen molar-refractivity contribution in [1.82, 2.24) is 4.98 Å². The van der Waals surface area contributed by atoms with Crippen LogP contribution in [0.3, 0.4) is 0 Å². The molecule has 0 spiro atoms. The van der Waals surface area contributed by atoms with Gasteiger partial charge in [-0.15, -0.1) is 0 Å². The Morgan fingerprint density at radius 2 is 1.81 bits per heavy atom. The number of pyridine rings is 1. The minimum atomic E-state index is -0.249. The molecule has 0 radical (unpaired) electrons. The van der Waals surface area contributed by atoms with E-state index in [1.165, 1.54) is 12.1 Å². The highest BCUT2D eigenvalue weighted by atomic mass is 19.1. The molecular weight excluding hydrogens is 265 g/mol. The van der Waals surface area contributed by atoms with Crippen LogP contribution in [0.25, 0.3) is 10.8 Å². The topological polar surface area (TPSA) is 42.2 Å². The lowest BCUT2D eigenvalue weighted by atomic mass is 10.1. The van der Waals surface area contributed by atoms with Gasteiger partial charge in [0.1, 0.15) is 11.6 Å². The Hall–Kier alpha value is -2.46. The number of nitrogens with two attached hydrogens (primary N) is 1. The van der Waals surface area contributed by atoms with E-state index in [1.54, 1.807) is 12.1 Å². The van der Waals surface area contributed by atoms with E-state index in [2.05, 4.69) is 4.98 Å². The maximum Gasteiger partial charge on any atom is 0.140 e. The fourth-order valence-corrected chi connectivity index (χ4v) is 2.38. The van der Waals surface area contributed by atoms with Gasteiger partial charge in [-0.05, 0) is 35.7 Å². The molecule has 0 bridgehead atoms. The first-order valence-electron chi connectivity index (χ1n) is 6.77. The monoisotopic (exact) mass is 281 g/mol. The fourth-order valence-electron chi connectivity index (χ4n) is 2.38. The predicted octanol–water partition coefficient (Wildman–Crippen LogP) is 3.60. The van der Waals surface area contributed by atoms with Crippen molar-refractivity contribution in [1.29, 1.82) is 0 Å². The number of hydrogen-bond donors (Lipinski definition) is 1. The van der Waals surface area contributed by atoms with E-state index in [4.69, 9.17) is 5.73 Å². The average Bonchev–Trinajstić information content (AvgIpc) is 2.53. The van der Waals surface area contributed by atoms with Gasteiger partial charge in [-0.25, -0.2) is 9.37 Å². The SMILES string of the molecule is CN(c1ccc(F)cc1)c1nc(CN)cc2ccccc12. The van der Waals surface area contributed by atoms with Gasteiger partial charge >= 0.3 is 0 Å².